The van der Waals surface area contributed by atoms with Gasteiger partial charge in [0.25, 0.3) is 0 Å². The molecule has 2 unspecified atom stereocenters. The maximum Gasteiger partial charge on any atom is 0.472 e. The van der Waals surface area contributed by atoms with Crippen molar-refractivity contribution < 1.29 is 80.2 Å². The van der Waals surface area contributed by atoms with Gasteiger partial charge in [0.2, 0.25) is 0 Å². The summed E-state index contributed by atoms with van der Waals surface area (Å²) in [6, 6.07) is 0. The molecule has 19 heteroatoms. The molecule has 0 bridgehead atoms. The first kappa shape index (κ1) is 93.0. The van der Waals surface area contributed by atoms with Gasteiger partial charge in [-0.2, -0.15) is 0 Å². The number of carbonyl (C=O) groups excluding carboxylic acids is 4. The molecule has 0 radical (unpaired) electrons. The summed E-state index contributed by atoms with van der Waals surface area (Å²) in [5.41, 5.74) is 0. The summed E-state index contributed by atoms with van der Waals surface area (Å²) < 4.78 is 68.5. The van der Waals surface area contributed by atoms with Crippen LogP contribution >= 0.6 is 15.6 Å². The monoisotopic (exact) mass is 1400 g/mol. The molecule has 562 valence electrons. The second-order valence-corrected chi connectivity index (χ2v) is 29.8. The quantitative estimate of drug-likeness (QED) is 0.0169. The van der Waals surface area contributed by atoms with Crippen LogP contribution in [0.4, 0.5) is 0 Å². The molecule has 0 rings (SSSR count). The first-order chi connectivity index (χ1) is 46.5. The van der Waals surface area contributed by atoms with Crippen LogP contribution in [0, 0.1) is 5.92 Å². The van der Waals surface area contributed by atoms with E-state index >= 15 is 0 Å². The normalized spacial score (nSPS) is 14.3. The van der Waals surface area contributed by atoms with E-state index in [1.165, 1.54) is 148 Å². The number of rotatable bonds is 73. The third-order valence-electron chi connectivity index (χ3n) is 16.8. The van der Waals surface area contributed by atoms with Gasteiger partial charge in [0.15, 0.2) is 12.2 Å². The molecule has 0 spiro atoms. The lowest BCUT2D eigenvalue weighted by molar-refractivity contribution is -0.161. The van der Waals surface area contributed by atoms with E-state index in [0.29, 0.717) is 25.7 Å². The molecule has 0 aromatic heterocycles. The van der Waals surface area contributed by atoms with Crippen LogP contribution in [0.5, 0.6) is 0 Å². The number of ether oxygens (including phenoxy) is 4. The average Bonchev–Trinajstić information content (AvgIpc) is 1.78. The van der Waals surface area contributed by atoms with Crippen LogP contribution in [0.1, 0.15) is 356 Å². The highest BCUT2D eigenvalue weighted by atomic mass is 31.2. The summed E-state index contributed by atoms with van der Waals surface area (Å²) in [4.78, 5) is 72.8. The summed E-state index contributed by atoms with van der Waals surface area (Å²) in [6.07, 6.45) is 63.9. The number of esters is 4. The summed E-state index contributed by atoms with van der Waals surface area (Å²) in [5.74, 6) is -1.39. The Morgan fingerprint density at radius 3 is 0.854 bits per heavy atom. The van der Waals surface area contributed by atoms with Gasteiger partial charge in [0.1, 0.15) is 19.3 Å². The molecule has 0 aliphatic heterocycles. The van der Waals surface area contributed by atoms with Crippen LogP contribution in [-0.2, 0) is 65.4 Å². The Labute approximate surface area is 585 Å². The Morgan fingerprint density at radius 1 is 0.323 bits per heavy atom. The van der Waals surface area contributed by atoms with Crippen LogP contribution in [0.15, 0.2) is 48.6 Å². The number of allylic oxidation sites excluding steroid dienone is 8. The van der Waals surface area contributed by atoms with E-state index < -0.39 is 97.5 Å². The van der Waals surface area contributed by atoms with Gasteiger partial charge in [-0.1, -0.05) is 302 Å². The van der Waals surface area contributed by atoms with E-state index in [9.17, 15) is 43.2 Å². The third-order valence-corrected chi connectivity index (χ3v) is 18.7. The standard InChI is InChI=1S/C77H142O17P2/c1-6-9-12-15-18-21-24-26-28-32-36-41-46-51-56-61-75(80)88-67-73(94-77(82)63-58-53-48-43-38-34-30-31-35-39-44-49-54-59-70(4)5)69-92-96(85,86)90-65-71(78)64-89-95(83,84)91-68-72(66-87-74(79)60-55-50-45-40-23-20-17-14-11-8-3)93-76(81)62-57-52-47-42-37-33-29-27-25-22-19-16-13-10-7-2/h21-22,24-29,70-73,78H,6-20,23,30-69H2,1-5H3,(H,83,84)(H,85,86)/b24-21-,25-22-,28-26-,29-27-/t71-,72+,73+/m0/s1. The zero-order valence-electron chi connectivity index (χ0n) is 61.5. The predicted molar refractivity (Wildman–Crippen MR) is 390 cm³/mol. The second kappa shape index (κ2) is 69.1. The van der Waals surface area contributed by atoms with Crippen molar-refractivity contribution in [1.29, 1.82) is 0 Å². The molecular formula is C77H142O17P2. The summed E-state index contributed by atoms with van der Waals surface area (Å²) in [7, 11) is -9.94. The molecule has 3 N–H and O–H groups in total. The first-order valence-corrected chi connectivity index (χ1v) is 41.8. The van der Waals surface area contributed by atoms with Crippen LogP contribution in [0.2, 0.25) is 0 Å². The fourth-order valence-electron chi connectivity index (χ4n) is 10.8. The Balaban J connectivity index is 5.32. The Bertz CT molecular complexity index is 2030. The molecule has 0 saturated heterocycles. The number of phosphoric ester groups is 2. The molecule has 0 amide bonds. The van der Waals surface area contributed by atoms with Crippen molar-refractivity contribution in [3.05, 3.63) is 48.6 Å². The van der Waals surface area contributed by atoms with Gasteiger partial charge in [0, 0.05) is 25.7 Å². The fraction of sp³-hybridized carbons (Fsp3) is 0.844. The number of phosphoric acid groups is 2. The minimum absolute atomic E-state index is 0.0829. The van der Waals surface area contributed by atoms with Crippen molar-refractivity contribution in [2.75, 3.05) is 39.6 Å². The molecule has 5 atom stereocenters. The smallest absolute Gasteiger partial charge is 0.462 e. The van der Waals surface area contributed by atoms with Gasteiger partial charge in [-0.05, 0) is 83.0 Å². The van der Waals surface area contributed by atoms with Gasteiger partial charge in [-0.25, -0.2) is 9.13 Å². The zero-order chi connectivity index (χ0) is 70.5. The molecule has 0 saturated carbocycles. The minimum atomic E-state index is -4.97. The summed E-state index contributed by atoms with van der Waals surface area (Å²) in [6.45, 7) is 7.17. The van der Waals surface area contributed by atoms with E-state index in [-0.39, 0.29) is 25.7 Å². The molecule has 0 aromatic rings. The van der Waals surface area contributed by atoms with E-state index in [4.69, 9.17) is 37.0 Å². The SMILES string of the molecule is CCCCCC/C=C\C=C/CCCCCCCC(=O)OC[C@H](COP(=O)(O)OC[C@@H](O)COP(=O)(O)OC[C@@H](COC(=O)CCCCCCCCCCCC)OC(=O)CCCCCCC/C=C\C=C/CCCCCC)OC(=O)CCCCCCCCCCCCCCCC(C)C. The number of hydrogen-bond donors (Lipinski definition) is 3. The number of carbonyl (C=O) groups is 4. The van der Waals surface area contributed by atoms with Crippen molar-refractivity contribution in [3.63, 3.8) is 0 Å². The molecule has 0 fully saturated rings. The lowest BCUT2D eigenvalue weighted by Gasteiger charge is -2.21. The van der Waals surface area contributed by atoms with Crippen LogP contribution in [0.25, 0.3) is 0 Å². The highest BCUT2D eigenvalue weighted by Gasteiger charge is 2.30. The van der Waals surface area contributed by atoms with Crippen LogP contribution in [0.3, 0.4) is 0 Å². The number of aliphatic hydroxyl groups excluding tert-OH is 1. The molecule has 17 nitrogen and oxygen atoms in total. The van der Waals surface area contributed by atoms with E-state index in [1.807, 2.05) is 0 Å². The molecule has 0 heterocycles. The van der Waals surface area contributed by atoms with Gasteiger partial charge in [0.05, 0.1) is 26.4 Å². The molecule has 0 aromatic carbocycles. The second-order valence-electron chi connectivity index (χ2n) is 26.8. The molecular weight excluding hydrogens is 1260 g/mol. The zero-order valence-corrected chi connectivity index (χ0v) is 63.3. The number of aliphatic hydroxyl groups is 1. The number of hydrogen-bond acceptors (Lipinski definition) is 15. The van der Waals surface area contributed by atoms with E-state index in [2.05, 4.69) is 83.2 Å². The van der Waals surface area contributed by atoms with Crippen molar-refractivity contribution in [1.82, 2.24) is 0 Å². The maximum absolute atomic E-state index is 13.1. The molecule has 0 aliphatic rings. The predicted octanol–water partition coefficient (Wildman–Crippen LogP) is 22.0. The highest BCUT2D eigenvalue weighted by molar-refractivity contribution is 7.47. The van der Waals surface area contributed by atoms with Gasteiger partial charge in [-0.15, -0.1) is 0 Å². The Kier molecular flexibility index (Phi) is 67.0. The van der Waals surface area contributed by atoms with Gasteiger partial charge < -0.3 is 33.8 Å². The van der Waals surface area contributed by atoms with Crippen LogP contribution in [-0.4, -0.2) is 96.7 Å². The largest absolute Gasteiger partial charge is 0.472 e. The highest BCUT2D eigenvalue weighted by Crippen LogP contribution is 2.45. The maximum atomic E-state index is 13.1. The van der Waals surface area contributed by atoms with E-state index in [1.54, 1.807) is 0 Å². The van der Waals surface area contributed by atoms with Crippen molar-refractivity contribution in [2.24, 2.45) is 5.92 Å². The number of unbranched alkanes of at least 4 members (excludes halogenated alkanes) is 39. The van der Waals surface area contributed by atoms with Gasteiger partial charge in [-0.3, -0.25) is 37.3 Å². The molecule has 96 heavy (non-hydrogen) atoms. The fourth-order valence-corrected chi connectivity index (χ4v) is 12.4. The summed E-state index contributed by atoms with van der Waals surface area (Å²) in [5, 5.41) is 10.6. The Hall–Kier alpha value is -2.98. The van der Waals surface area contributed by atoms with Gasteiger partial charge >= 0.3 is 39.5 Å². The summed E-state index contributed by atoms with van der Waals surface area (Å²) >= 11 is 0. The molecule has 0 aliphatic carbocycles. The van der Waals surface area contributed by atoms with Crippen molar-refractivity contribution in [3.8, 4) is 0 Å². The minimum Gasteiger partial charge on any atom is -0.462 e. The Morgan fingerprint density at radius 2 is 0.562 bits per heavy atom. The van der Waals surface area contributed by atoms with Crippen molar-refractivity contribution >= 4 is 39.5 Å². The van der Waals surface area contributed by atoms with Crippen LogP contribution < -0.4 is 0 Å². The van der Waals surface area contributed by atoms with E-state index in [0.717, 1.165) is 128 Å². The third kappa shape index (κ3) is 69.5. The lowest BCUT2D eigenvalue weighted by Crippen LogP contribution is -2.30. The topological polar surface area (TPSA) is 237 Å². The lowest BCUT2D eigenvalue weighted by atomic mass is 10.0. The van der Waals surface area contributed by atoms with Crippen molar-refractivity contribution in [2.45, 2.75) is 374 Å². The average molecular weight is 1400 g/mol. The first-order valence-electron chi connectivity index (χ1n) is 38.8.